The first-order valence-corrected chi connectivity index (χ1v) is 12.6. The molecule has 0 radical (unpaired) electrons. The van der Waals surface area contributed by atoms with Crippen molar-refractivity contribution in [1.82, 2.24) is 24.2 Å². The van der Waals surface area contributed by atoms with Gasteiger partial charge in [0.2, 0.25) is 10.0 Å². The molecule has 0 spiro atoms. The molecule has 8 nitrogen and oxygen atoms in total. The fourth-order valence-corrected chi connectivity index (χ4v) is 5.92. The van der Waals surface area contributed by atoms with E-state index in [-0.39, 0.29) is 5.92 Å². The molecular formula is C22H28N6O2S. The lowest BCUT2D eigenvalue weighted by Gasteiger charge is -2.38. The molecule has 0 aromatic carbocycles. The van der Waals surface area contributed by atoms with Gasteiger partial charge in [0, 0.05) is 60.9 Å². The number of nitrogens with one attached hydrogen (secondary N) is 1. The van der Waals surface area contributed by atoms with Crippen LogP contribution in [0.25, 0.3) is 11.0 Å². The zero-order valence-corrected chi connectivity index (χ0v) is 19.0. The number of anilines is 1. The SMILES string of the molecule is Cc1cc(N2Cc3c(ncnc3C3CCN(S(C)(=O)=O)CC3)C[C@H]2C)c2cc[nH]c2n1. The first-order chi connectivity index (χ1) is 14.8. The normalized spacial score (nSPS) is 20.9. The van der Waals surface area contributed by atoms with Gasteiger partial charge in [0.15, 0.2) is 0 Å². The minimum atomic E-state index is -3.14. The molecule has 3 aromatic heterocycles. The van der Waals surface area contributed by atoms with Gasteiger partial charge in [0.1, 0.15) is 12.0 Å². The van der Waals surface area contributed by atoms with Crippen molar-refractivity contribution in [2.45, 2.75) is 51.6 Å². The number of sulfonamides is 1. The van der Waals surface area contributed by atoms with Crippen molar-refractivity contribution in [3.8, 4) is 0 Å². The highest BCUT2D eigenvalue weighted by Crippen LogP contribution is 2.37. The van der Waals surface area contributed by atoms with Crippen LogP contribution in [-0.2, 0) is 23.0 Å². The van der Waals surface area contributed by atoms with E-state index >= 15 is 0 Å². The van der Waals surface area contributed by atoms with Gasteiger partial charge in [-0.25, -0.2) is 27.7 Å². The van der Waals surface area contributed by atoms with Gasteiger partial charge in [-0.15, -0.1) is 0 Å². The Morgan fingerprint density at radius 3 is 2.71 bits per heavy atom. The summed E-state index contributed by atoms with van der Waals surface area (Å²) in [6.07, 6.45) is 7.36. The Bertz CT molecular complexity index is 1230. The molecule has 0 saturated carbocycles. The van der Waals surface area contributed by atoms with Crippen LogP contribution < -0.4 is 4.90 Å². The van der Waals surface area contributed by atoms with E-state index in [9.17, 15) is 8.42 Å². The van der Waals surface area contributed by atoms with Crippen molar-refractivity contribution >= 4 is 26.7 Å². The Balaban J connectivity index is 1.48. The van der Waals surface area contributed by atoms with Crippen LogP contribution >= 0.6 is 0 Å². The Morgan fingerprint density at radius 1 is 1.19 bits per heavy atom. The minimum absolute atomic E-state index is 0.261. The third-order valence-corrected chi connectivity index (χ3v) is 7.97. The molecule has 0 aliphatic carbocycles. The molecule has 5 rings (SSSR count). The van der Waals surface area contributed by atoms with Crippen LogP contribution in [0.1, 0.15) is 48.3 Å². The highest BCUT2D eigenvalue weighted by molar-refractivity contribution is 7.88. The lowest BCUT2D eigenvalue weighted by atomic mass is 9.87. The van der Waals surface area contributed by atoms with E-state index in [1.165, 1.54) is 17.5 Å². The smallest absolute Gasteiger partial charge is 0.211 e. The minimum Gasteiger partial charge on any atom is -0.363 e. The van der Waals surface area contributed by atoms with Gasteiger partial charge < -0.3 is 9.88 Å². The van der Waals surface area contributed by atoms with Crippen molar-refractivity contribution in [2.24, 2.45) is 0 Å². The Kier molecular flexibility index (Phi) is 4.97. The predicted molar refractivity (Wildman–Crippen MR) is 121 cm³/mol. The molecule has 31 heavy (non-hydrogen) atoms. The Hall–Kier alpha value is -2.52. The number of rotatable bonds is 3. The van der Waals surface area contributed by atoms with Crippen molar-refractivity contribution in [1.29, 1.82) is 0 Å². The summed E-state index contributed by atoms with van der Waals surface area (Å²) in [5, 5.41) is 1.13. The van der Waals surface area contributed by atoms with Gasteiger partial charge in [-0.2, -0.15) is 0 Å². The molecule has 0 unspecified atom stereocenters. The molecular weight excluding hydrogens is 412 g/mol. The number of hydrogen-bond donors (Lipinski definition) is 1. The fourth-order valence-electron chi connectivity index (χ4n) is 5.05. The van der Waals surface area contributed by atoms with Crippen LogP contribution in [0.3, 0.4) is 0 Å². The molecule has 2 aliphatic heterocycles. The average molecular weight is 441 g/mol. The van der Waals surface area contributed by atoms with Crippen molar-refractivity contribution in [3.63, 3.8) is 0 Å². The maximum absolute atomic E-state index is 11.9. The van der Waals surface area contributed by atoms with E-state index < -0.39 is 10.0 Å². The Morgan fingerprint density at radius 2 is 1.97 bits per heavy atom. The van der Waals surface area contributed by atoms with Crippen molar-refractivity contribution in [3.05, 3.63) is 47.3 Å². The lowest BCUT2D eigenvalue weighted by Crippen LogP contribution is -2.41. The van der Waals surface area contributed by atoms with Crippen molar-refractivity contribution < 1.29 is 8.42 Å². The van der Waals surface area contributed by atoms with E-state index in [1.54, 1.807) is 10.6 Å². The third-order valence-electron chi connectivity index (χ3n) is 6.67. The second-order valence-electron chi connectivity index (χ2n) is 8.82. The monoisotopic (exact) mass is 440 g/mol. The molecule has 5 heterocycles. The lowest BCUT2D eigenvalue weighted by molar-refractivity contribution is 0.317. The summed E-state index contributed by atoms with van der Waals surface area (Å²) in [4.78, 5) is 19.6. The summed E-state index contributed by atoms with van der Waals surface area (Å²) in [5.74, 6) is 0.261. The molecule has 2 aliphatic rings. The molecule has 1 N–H and O–H groups in total. The molecule has 1 fully saturated rings. The zero-order valence-electron chi connectivity index (χ0n) is 18.2. The second kappa shape index (κ2) is 7.56. The van der Waals surface area contributed by atoms with E-state index in [2.05, 4.69) is 38.9 Å². The molecule has 9 heteroatoms. The molecule has 164 valence electrons. The largest absolute Gasteiger partial charge is 0.363 e. The molecule has 0 bridgehead atoms. The fraction of sp³-hybridized carbons (Fsp3) is 0.500. The molecule has 1 saturated heterocycles. The highest BCUT2D eigenvalue weighted by Gasteiger charge is 2.32. The van der Waals surface area contributed by atoms with Gasteiger partial charge in [-0.05, 0) is 38.8 Å². The molecule has 3 aromatic rings. The van der Waals surface area contributed by atoms with E-state index in [0.717, 1.165) is 53.9 Å². The summed E-state index contributed by atoms with van der Waals surface area (Å²) < 4.78 is 25.4. The highest BCUT2D eigenvalue weighted by atomic mass is 32.2. The summed E-state index contributed by atoms with van der Waals surface area (Å²) >= 11 is 0. The van der Waals surface area contributed by atoms with E-state index in [1.807, 2.05) is 13.1 Å². The van der Waals surface area contributed by atoms with Gasteiger partial charge >= 0.3 is 0 Å². The van der Waals surface area contributed by atoms with Crippen LogP contribution in [0.15, 0.2) is 24.7 Å². The van der Waals surface area contributed by atoms with E-state index in [0.29, 0.717) is 19.1 Å². The predicted octanol–water partition coefficient (Wildman–Crippen LogP) is 2.75. The topological polar surface area (TPSA) is 95.1 Å². The van der Waals surface area contributed by atoms with Crippen LogP contribution in [-0.4, -0.2) is 58.0 Å². The number of pyridine rings is 1. The molecule has 1 atom stereocenters. The number of aromatic amines is 1. The summed E-state index contributed by atoms with van der Waals surface area (Å²) in [7, 11) is -3.14. The van der Waals surface area contributed by atoms with Crippen LogP contribution in [0.5, 0.6) is 0 Å². The number of H-pyrrole nitrogens is 1. The standard InChI is InChI=1S/C22H28N6O2S/c1-14-10-20(17-4-7-23-22(17)26-14)28-12-18-19(11-15(28)2)24-13-25-21(18)16-5-8-27(9-6-16)31(3,29)30/h4,7,10,13,15-16H,5-6,8-9,11-12H2,1-3H3,(H,23,26)/t15-/m1/s1. The number of fused-ring (bicyclic) bond motifs is 2. The number of aromatic nitrogens is 4. The van der Waals surface area contributed by atoms with Gasteiger partial charge in [0.05, 0.1) is 23.3 Å². The number of hydrogen-bond acceptors (Lipinski definition) is 6. The van der Waals surface area contributed by atoms with Gasteiger partial charge in [0.25, 0.3) is 0 Å². The van der Waals surface area contributed by atoms with Gasteiger partial charge in [-0.1, -0.05) is 0 Å². The summed E-state index contributed by atoms with van der Waals surface area (Å²) in [5.41, 5.74) is 6.49. The number of nitrogens with zero attached hydrogens (tertiary/aromatic N) is 5. The van der Waals surface area contributed by atoms with Gasteiger partial charge in [-0.3, -0.25) is 0 Å². The quantitative estimate of drug-likeness (QED) is 0.673. The van der Waals surface area contributed by atoms with Crippen LogP contribution in [0, 0.1) is 6.92 Å². The third kappa shape index (κ3) is 3.70. The maximum atomic E-state index is 11.9. The zero-order chi connectivity index (χ0) is 21.8. The van der Waals surface area contributed by atoms with Crippen LogP contribution in [0.4, 0.5) is 5.69 Å². The Labute approximate surface area is 182 Å². The number of piperidine rings is 1. The van der Waals surface area contributed by atoms with Crippen LogP contribution in [0.2, 0.25) is 0 Å². The van der Waals surface area contributed by atoms with Crippen molar-refractivity contribution in [2.75, 3.05) is 24.2 Å². The summed E-state index contributed by atoms with van der Waals surface area (Å²) in [6.45, 7) is 6.12. The average Bonchev–Trinajstić information content (AvgIpc) is 3.20. The summed E-state index contributed by atoms with van der Waals surface area (Å²) in [6, 6.07) is 4.55. The van der Waals surface area contributed by atoms with E-state index in [4.69, 9.17) is 4.98 Å². The second-order valence-corrected chi connectivity index (χ2v) is 10.8. The number of aryl methyl sites for hydroxylation is 1. The maximum Gasteiger partial charge on any atom is 0.211 e. The first kappa shape index (κ1) is 20.4. The first-order valence-electron chi connectivity index (χ1n) is 10.8. The molecule has 0 amide bonds.